The molecule has 1 aromatic carbocycles. The number of hydrogen-bond donors (Lipinski definition) is 0. The number of ether oxygens (including phenoxy) is 1. The monoisotopic (exact) mass is 321 g/mol. The van der Waals surface area contributed by atoms with Crippen molar-refractivity contribution in [3.8, 4) is 5.75 Å². The van der Waals surface area contributed by atoms with E-state index in [1.54, 1.807) is 0 Å². The second-order valence-electron chi connectivity index (χ2n) is 4.77. The fourth-order valence-electron chi connectivity index (χ4n) is 1.56. The van der Waals surface area contributed by atoms with E-state index in [-0.39, 0.29) is 29.9 Å². The summed E-state index contributed by atoms with van der Waals surface area (Å²) in [6.45, 7) is 3.94. The van der Waals surface area contributed by atoms with Crippen LogP contribution in [-0.2, 0) is 9.05 Å². The summed E-state index contributed by atoms with van der Waals surface area (Å²) >= 11 is 0. The average molecular weight is 322 g/mol. The minimum Gasteiger partial charge on any atom is -0.493 e. The van der Waals surface area contributed by atoms with Gasteiger partial charge in [-0.25, -0.2) is 8.42 Å². The van der Waals surface area contributed by atoms with E-state index in [0.717, 1.165) is 0 Å². The van der Waals surface area contributed by atoms with Crippen molar-refractivity contribution >= 4 is 25.4 Å². The van der Waals surface area contributed by atoms with Gasteiger partial charge in [-0.3, -0.25) is 10.1 Å². The number of hydrogen-bond acceptors (Lipinski definition) is 5. The van der Waals surface area contributed by atoms with Crippen molar-refractivity contribution in [1.82, 2.24) is 0 Å². The topological polar surface area (TPSA) is 86.5 Å². The number of nitro groups is 1. The van der Waals surface area contributed by atoms with Crippen molar-refractivity contribution in [1.29, 1.82) is 0 Å². The van der Waals surface area contributed by atoms with E-state index in [2.05, 4.69) is 0 Å². The van der Waals surface area contributed by atoms with Crippen molar-refractivity contribution in [3.63, 3.8) is 0 Å². The van der Waals surface area contributed by atoms with Gasteiger partial charge in [0.1, 0.15) is 5.75 Å². The highest BCUT2D eigenvalue weighted by molar-refractivity contribution is 8.13. The quantitative estimate of drug-likeness (QED) is 0.438. The first-order valence-corrected chi connectivity index (χ1v) is 8.46. The molecule has 20 heavy (non-hydrogen) atoms. The number of nitrogens with zero attached hydrogens (tertiary/aromatic N) is 1. The molecule has 0 bridgehead atoms. The Kier molecular flexibility index (Phi) is 5.76. The molecule has 6 nitrogen and oxygen atoms in total. The Balaban J connectivity index is 2.65. The molecule has 112 valence electrons. The van der Waals surface area contributed by atoms with E-state index in [1.165, 1.54) is 24.3 Å². The lowest BCUT2D eigenvalue weighted by Crippen LogP contribution is -2.24. The normalized spacial score (nSPS) is 13.2. The van der Waals surface area contributed by atoms with E-state index >= 15 is 0 Å². The molecule has 0 N–H and O–H groups in total. The molecule has 0 radical (unpaired) electrons. The van der Waals surface area contributed by atoms with Gasteiger partial charge in [0, 0.05) is 28.7 Å². The van der Waals surface area contributed by atoms with Crippen LogP contribution in [0.5, 0.6) is 5.75 Å². The molecule has 0 heterocycles. The maximum Gasteiger partial charge on any atom is 0.269 e. The average Bonchev–Trinajstić information content (AvgIpc) is 2.33. The Morgan fingerprint density at radius 3 is 2.25 bits per heavy atom. The number of halogens is 1. The minimum absolute atomic E-state index is 0.0268. The lowest BCUT2D eigenvalue weighted by atomic mass is 9.99. The third-order valence-corrected chi connectivity index (χ3v) is 4.07. The molecule has 1 rings (SSSR count). The molecule has 0 saturated heterocycles. The lowest BCUT2D eigenvalue weighted by molar-refractivity contribution is -0.384. The molecule has 8 heteroatoms. The van der Waals surface area contributed by atoms with Gasteiger partial charge in [0.15, 0.2) is 0 Å². The summed E-state index contributed by atoms with van der Waals surface area (Å²) in [5.74, 6) is 0.127. The predicted octanol–water partition coefficient (Wildman–Crippen LogP) is 2.81. The molecule has 0 spiro atoms. The molecule has 0 fully saturated rings. The summed E-state index contributed by atoms with van der Waals surface area (Å²) in [6.07, 6.45) is 0. The van der Waals surface area contributed by atoms with Crippen LogP contribution in [0, 0.1) is 22.0 Å². The second-order valence-corrected chi connectivity index (χ2v) is 7.59. The standard InChI is InChI=1S/C12H16ClNO5S/c1-9(2)10(8-20(13,17)18)7-19-12-5-3-11(4-6-12)14(15)16/h3-6,9-10H,7-8H2,1-2H3. The first-order valence-electron chi connectivity index (χ1n) is 5.98. The smallest absolute Gasteiger partial charge is 0.269 e. The van der Waals surface area contributed by atoms with E-state index in [9.17, 15) is 18.5 Å². The Morgan fingerprint density at radius 2 is 1.85 bits per heavy atom. The van der Waals surface area contributed by atoms with Gasteiger partial charge in [-0.1, -0.05) is 13.8 Å². The highest BCUT2D eigenvalue weighted by Crippen LogP contribution is 2.21. The Morgan fingerprint density at radius 1 is 1.30 bits per heavy atom. The zero-order valence-corrected chi connectivity index (χ0v) is 12.7. The minimum atomic E-state index is -3.59. The van der Waals surface area contributed by atoms with Crippen LogP contribution in [-0.4, -0.2) is 25.7 Å². The Hall–Kier alpha value is -1.34. The number of benzene rings is 1. The largest absolute Gasteiger partial charge is 0.493 e. The van der Waals surface area contributed by atoms with Crippen molar-refractivity contribution in [2.75, 3.05) is 12.4 Å². The van der Waals surface area contributed by atoms with E-state index < -0.39 is 14.0 Å². The summed E-state index contributed by atoms with van der Waals surface area (Å²) in [5.41, 5.74) is -0.0268. The van der Waals surface area contributed by atoms with Gasteiger partial charge in [-0.15, -0.1) is 0 Å². The van der Waals surface area contributed by atoms with Crippen LogP contribution in [0.4, 0.5) is 5.69 Å². The van der Waals surface area contributed by atoms with E-state index in [0.29, 0.717) is 5.75 Å². The van der Waals surface area contributed by atoms with Gasteiger partial charge in [0.05, 0.1) is 17.3 Å². The molecule has 1 unspecified atom stereocenters. The molecule has 0 aromatic heterocycles. The van der Waals surface area contributed by atoms with E-state index in [4.69, 9.17) is 15.4 Å². The van der Waals surface area contributed by atoms with Crippen molar-refractivity contribution < 1.29 is 18.1 Å². The molecule has 0 aliphatic carbocycles. The van der Waals surface area contributed by atoms with Crippen LogP contribution in [0.15, 0.2) is 24.3 Å². The molecular formula is C12H16ClNO5S. The highest BCUT2D eigenvalue weighted by atomic mass is 35.7. The van der Waals surface area contributed by atoms with Crippen LogP contribution in [0.25, 0.3) is 0 Å². The zero-order chi connectivity index (χ0) is 15.3. The van der Waals surface area contributed by atoms with Crippen molar-refractivity contribution in [3.05, 3.63) is 34.4 Å². The van der Waals surface area contributed by atoms with Gasteiger partial charge >= 0.3 is 0 Å². The van der Waals surface area contributed by atoms with E-state index in [1.807, 2.05) is 13.8 Å². The lowest BCUT2D eigenvalue weighted by Gasteiger charge is -2.19. The number of non-ortho nitro benzene ring substituents is 1. The number of nitro benzene ring substituents is 1. The maximum absolute atomic E-state index is 11.1. The van der Waals surface area contributed by atoms with Crippen LogP contribution in [0.3, 0.4) is 0 Å². The molecule has 0 amide bonds. The molecule has 1 atom stereocenters. The third kappa shape index (κ3) is 5.75. The first-order chi connectivity index (χ1) is 9.19. The summed E-state index contributed by atoms with van der Waals surface area (Å²) in [5, 5.41) is 10.5. The van der Waals surface area contributed by atoms with Gasteiger partial charge in [0.2, 0.25) is 9.05 Å². The number of rotatable bonds is 7. The second kappa shape index (κ2) is 6.90. The molecular weight excluding hydrogens is 306 g/mol. The molecule has 0 aliphatic heterocycles. The summed E-state index contributed by atoms with van der Waals surface area (Å²) in [4.78, 5) is 10.0. The van der Waals surface area contributed by atoms with Gasteiger partial charge in [-0.05, 0) is 18.1 Å². The van der Waals surface area contributed by atoms with Crippen molar-refractivity contribution in [2.24, 2.45) is 11.8 Å². The molecule has 1 aromatic rings. The van der Waals surface area contributed by atoms with Gasteiger partial charge in [0.25, 0.3) is 5.69 Å². The van der Waals surface area contributed by atoms with Crippen LogP contribution in [0.2, 0.25) is 0 Å². The summed E-state index contributed by atoms with van der Waals surface area (Å²) in [7, 11) is 1.66. The maximum atomic E-state index is 11.1. The van der Waals surface area contributed by atoms with Gasteiger partial charge < -0.3 is 4.74 Å². The van der Waals surface area contributed by atoms with Gasteiger partial charge in [-0.2, -0.15) is 0 Å². The Labute approximate surface area is 122 Å². The van der Waals surface area contributed by atoms with Crippen LogP contribution < -0.4 is 4.74 Å². The van der Waals surface area contributed by atoms with Crippen LogP contribution >= 0.6 is 10.7 Å². The van der Waals surface area contributed by atoms with Crippen molar-refractivity contribution in [2.45, 2.75) is 13.8 Å². The first kappa shape index (κ1) is 16.7. The highest BCUT2D eigenvalue weighted by Gasteiger charge is 2.21. The molecule has 0 saturated carbocycles. The fraction of sp³-hybridized carbons (Fsp3) is 0.500. The SMILES string of the molecule is CC(C)C(COc1ccc([N+](=O)[O-])cc1)CS(=O)(=O)Cl. The van der Waals surface area contributed by atoms with Crippen LogP contribution in [0.1, 0.15) is 13.8 Å². The fourth-order valence-corrected chi connectivity index (χ4v) is 3.03. The zero-order valence-electron chi connectivity index (χ0n) is 11.2. The Bertz CT molecular complexity index is 556. The predicted molar refractivity (Wildman–Crippen MR) is 76.6 cm³/mol. The molecule has 0 aliphatic rings. The summed E-state index contributed by atoms with van der Waals surface area (Å²) < 4.78 is 27.7. The third-order valence-electron chi connectivity index (χ3n) is 2.87. The summed E-state index contributed by atoms with van der Waals surface area (Å²) in [6, 6.07) is 5.62.